The van der Waals surface area contributed by atoms with Gasteiger partial charge in [0, 0.05) is 28.2 Å². The average molecular weight is 355 g/mol. The SMILES string of the molecule is CCCCn1ccnc1Nc1cc(I)ccc1C. The van der Waals surface area contributed by atoms with Gasteiger partial charge in [-0.05, 0) is 53.6 Å². The van der Waals surface area contributed by atoms with E-state index in [-0.39, 0.29) is 0 Å². The Hall–Kier alpha value is -1.04. The normalized spacial score (nSPS) is 10.6. The Balaban J connectivity index is 2.18. The molecule has 0 aliphatic rings. The van der Waals surface area contributed by atoms with Crippen LogP contribution in [0.5, 0.6) is 0 Å². The molecule has 4 heteroatoms. The third-order valence-corrected chi connectivity index (χ3v) is 3.59. The summed E-state index contributed by atoms with van der Waals surface area (Å²) in [6.45, 7) is 5.33. The lowest BCUT2D eigenvalue weighted by Crippen LogP contribution is -2.04. The van der Waals surface area contributed by atoms with E-state index in [1.807, 2.05) is 12.4 Å². The lowest BCUT2D eigenvalue weighted by Gasteiger charge is -2.11. The van der Waals surface area contributed by atoms with Gasteiger partial charge in [0.25, 0.3) is 0 Å². The van der Waals surface area contributed by atoms with Crippen LogP contribution in [0, 0.1) is 10.5 Å². The summed E-state index contributed by atoms with van der Waals surface area (Å²) in [5.74, 6) is 0.925. The average Bonchev–Trinajstić information content (AvgIpc) is 2.79. The molecule has 2 aromatic rings. The lowest BCUT2D eigenvalue weighted by molar-refractivity contribution is 0.638. The fraction of sp³-hybridized carbons (Fsp3) is 0.357. The van der Waals surface area contributed by atoms with Crippen molar-refractivity contribution in [1.82, 2.24) is 9.55 Å². The van der Waals surface area contributed by atoms with Gasteiger partial charge in [-0.15, -0.1) is 0 Å². The van der Waals surface area contributed by atoms with Gasteiger partial charge in [-0.2, -0.15) is 0 Å². The van der Waals surface area contributed by atoms with E-state index in [0.717, 1.165) is 18.2 Å². The zero-order valence-electron chi connectivity index (χ0n) is 10.8. The zero-order chi connectivity index (χ0) is 13.0. The molecule has 0 unspecified atom stereocenters. The van der Waals surface area contributed by atoms with Crippen LogP contribution >= 0.6 is 22.6 Å². The highest BCUT2D eigenvalue weighted by Gasteiger charge is 2.05. The molecular formula is C14H18IN3. The molecule has 96 valence electrons. The lowest BCUT2D eigenvalue weighted by atomic mass is 10.2. The first kappa shape index (κ1) is 13.4. The van der Waals surface area contributed by atoms with Gasteiger partial charge in [0.15, 0.2) is 0 Å². The van der Waals surface area contributed by atoms with E-state index in [9.17, 15) is 0 Å². The second-order valence-electron chi connectivity index (χ2n) is 4.38. The molecular weight excluding hydrogens is 337 g/mol. The molecule has 0 saturated heterocycles. The maximum atomic E-state index is 4.38. The van der Waals surface area contributed by atoms with E-state index in [1.165, 1.54) is 22.0 Å². The molecule has 0 aliphatic carbocycles. The van der Waals surface area contributed by atoms with Crippen LogP contribution in [-0.2, 0) is 6.54 Å². The highest BCUT2D eigenvalue weighted by Crippen LogP contribution is 2.22. The molecule has 0 saturated carbocycles. The van der Waals surface area contributed by atoms with E-state index < -0.39 is 0 Å². The Labute approximate surface area is 122 Å². The molecule has 0 radical (unpaired) electrons. The summed E-state index contributed by atoms with van der Waals surface area (Å²) in [5.41, 5.74) is 2.37. The molecule has 3 nitrogen and oxygen atoms in total. The Morgan fingerprint density at radius 1 is 1.39 bits per heavy atom. The Bertz CT molecular complexity index is 520. The molecule has 0 bridgehead atoms. The zero-order valence-corrected chi connectivity index (χ0v) is 12.9. The van der Waals surface area contributed by atoms with Gasteiger partial charge < -0.3 is 9.88 Å². The van der Waals surface area contributed by atoms with Crippen LogP contribution in [0.15, 0.2) is 30.6 Å². The van der Waals surface area contributed by atoms with Crippen LogP contribution in [0.1, 0.15) is 25.3 Å². The van der Waals surface area contributed by atoms with Crippen molar-refractivity contribution in [3.05, 3.63) is 39.7 Å². The van der Waals surface area contributed by atoms with Crippen molar-refractivity contribution in [3.63, 3.8) is 0 Å². The number of anilines is 2. The van der Waals surface area contributed by atoms with Gasteiger partial charge in [0.1, 0.15) is 0 Å². The van der Waals surface area contributed by atoms with Gasteiger partial charge in [-0.3, -0.25) is 0 Å². The van der Waals surface area contributed by atoms with Gasteiger partial charge >= 0.3 is 0 Å². The minimum atomic E-state index is 0.925. The number of unbranched alkanes of at least 4 members (excludes halogenated alkanes) is 1. The van der Waals surface area contributed by atoms with E-state index in [0.29, 0.717) is 0 Å². The van der Waals surface area contributed by atoms with Gasteiger partial charge in [-0.1, -0.05) is 19.4 Å². The summed E-state index contributed by atoms with van der Waals surface area (Å²) in [5, 5.41) is 3.42. The number of hydrogen-bond acceptors (Lipinski definition) is 2. The number of benzene rings is 1. The van der Waals surface area contributed by atoms with Crippen molar-refractivity contribution >= 4 is 34.2 Å². The van der Waals surface area contributed by atoms with Gasteiger partial charge in [0.2, 0.25) is 5.95 Å². The Kier molecular flexibility index (Phi) is 4.63. The fourth-order valence-electron chi connectivity index (χ4n) is 1.79. The number of hydrogen-bond donors (Lipinski definition) is 1. The maximum absolute atomic E-state index is 4.38. The Morgan fingerprint density at radius 2 is 2.22 bits per heavy atom. The number of aryl methyl sites for hydroxylation is 2. The predicted molar refractivity (Wildman–Crippen MR) is 84.3 cm³/mol. The minimum Gasteiger partial charge on any atom is -0.325 e. The highest BCUT2D eigenvalue weighted by molar-refractivity contribution is 14.1. The van der Waals surface area contributed by atoms with Crippen LogP contribution in [0.25, 0.3) is 0 Å². The Morgan fingerprint density at radius 3 is 3.00 bits per heavy atom. The van der Waals surface area contributed by atoms with Gasteiger partial charge in [-0.25, -0.2) is 4.98 Å². The standard InChI is InChI=1S/C14H18IN3/c1-3-4-8-18-9-7-16-14(18)17-13-10-12(15)6-5-11(13)2/h5-7,9-10H,3-4,8H2,1-2H3,(H,16,17). The maximum Gasteiger partial charge on any atom is 0.207 e. The second kappa shape index (κ2) is 6.22. The highest BCUT2D eigenvalue weighted by atomic mass is 127. The minimum absolute atomic E-state index is 0.925. The quantitative estimate of drug-likeness (QED) is 0.809. The smallest absolute Gasteiger partial charge is 0.207 e. The van der Waals surface area contributed by atoms with Crippen molar-refractivity contribution in [2.75, 3.05) is 5.32 Å². The summed E-state index contributed by atoms with van der Waals surface area (Å²) in [6.07, 6.45) is 6.25. The van der Waals surface area contributed by atoms with Gasteiger partial charge in [0.05, 0.1) is 0 Å². The number of aromatic nitrogens is 2. The molecule has 2 rings (SSSR count). The van der Waals surface area contributed by atoms with Crippen LogP contribution in [-0.4, -0.2) is 9.55 Å². The molecule has 0 aliphatic heterocycles. The molecule has 1 aromatic heterocycles. The van der Waals surface area contributed by atoms with Crippen LogP contribution in [0.3, 0.4) is 0 Å². The van der Waals surface area contributed by atoms with E-state index in [4.69, 9.17) is 0 Å². The summed E-state index contributed by atoms with van der Waals surface area (Å²) < 4.78 is 3.40. The van der Waals surface area contributed by atoms with Crippen molar-refractivity contribution < 1.29 is 0 Å². The molecule has 0 fully saturated rings. The topological polar surface area (TPSA) is 29.9 Å². The van der Waals surface area contributed by atoms with Crippen LogP contribution < -0.4 is 5.32 Å². The van der Waals surface area contributed by atoms with Crippen LogP contribution in [0.4, 0.5) is 11.6 Å². The first-order valence-corrected chi connectivity index (χ1v) is 7.33. The summed E-state index contributed by atoms with van der Waals surface area (Å²) in [4.78, 5) is 4.38. The summed E-state index contributed by atoms with van der Waals surface area (Å²) in [6, 6.07) is 6.39. The molecule has 1 N–H and O–H groups in total. The van der Waals surface area contributed by atoms with E-state index in [1.54, 1.807) is 0 Å². The summed E-state index contributed by atoms with van der Waals surface area (Å²) in [7, 11) is 0. The third kappa shape index (κ3) is 3.25. The van der Waals surface area contributed by atoms with Crippen LogP contribution in [0.2, 0.25) is 0 Å². The van der Waals surface area contributed by atoms with Crippen molar-refractivity contribution in [2.24, 2.45) is 0 Å². The number of rotatable bonds is 5. The largest absolute Gasteiger partial charge is 0.325 e. The fourth-order valence-corrected chi connectivity index (χ4v) is 2.28. The monoisotopic (exact) mass is 355 g/mol. The van der Waals surface area contributed by atoms with E-state index >= 15 is 0 Å². The molecule has 18 heavy (non-hydrogen) atoms. The molecule has 1 heterocycles. The molecule has 1 aromatic carbocycles. The van der Waals surface area contributed by atoms with E-state index in [2.05, 4.69) is 69.5 Å². The number of halogens is 1. The number of nitrogens with zero attached hydrogens (tertiary/aromatic N) is 2. The molecule has 0 amide bonds. The molecule has 0 spiro atoms. The summed E-state index contributed by atoms with van der Waals surface area (Å²) >= 11 is 2.33. The van der Waals surface area contributed by atoms with Crippen molar-refractivity contribution in [3.8, 4) is 0 Å². The predicted octanol–water partition coefficient (Wildman–Crippen LogP) is 4.34. The first-order chi connectivity index (χ1) is 8.70. The van der Waals surface area contributed by atoms with Crippen molar-refractivity contribution in [2.45, 2.75) is 33.2 Å². The molecule has 0 atom stereocenters. The number of imidazole rings is 1. The second-order valence-corrected chi connectivity index (χ2v) is 5.63. The van der Waals surface area contributed by atoms with Crippen molar-refractivity contribution in [1.29, 1.82) is 0 Å². The number of nitrogens with one attached hydrogen (secondary N) is 1. The third-order valence-electron chi connectivity index (χ3n) is 2.91. The first-order valence-electron chi connectivity index (χ1n) is 6.25.